The summed E-state index contributed by atoms with van der Waals surface area (Å²) >= 11 is 0. The Morgan fingerprint density at radius 3 is 2.30 bits per heavy atom. The number of hydrogen-bond donors (Lipinski definition) is 0. The number of carbonyl (C=O) groups is 2. The first-order chi connectivity index (χ1) is 9.61. The summed E-state index contributed by atoms with van der Waals surface area (Å²) in [5.41, 5.74) is 0. The lowest BCUT2D eigenvalue weighted by atomic mass is 10.1. The van der Waals surface area contributed by atoms with Crippen LogP contribution >= 0.6 is 0 Å². The standard InChI is InChI=1S/C16H22O4/c1-3-4-5-6-7-11-16(18)20-15-10-8-9-14(12-15)19-13(2)17/h8-10,12H,3-7,11H2,1-2H3. The van der Waals surface area contributed by atoms with Crippen molar-refractivity contribution in [2.75, 3.05) is 0 Å². The van der Waals surface area contributed by atoms with Gasteiger partial charge in [-0.3, -0.25) is 9.59 Å². The van der Waals surface area contributed by atoms with Gasteiger partial charge in [0, 0.05) is 19.4 Å². The fraction of sp³-hybridized carbons (Fsp3) is 0.500. The summed E-state index contributed by atoms with van der Waals surface area (Å²) in [5.74, 6) is 0.138. The third kappa shape index (κ3) is 6.92. The van der Waals surface area contributed by atoms with E-state index in [4.69, 9.17) is 9.47 Å². The molecule has 0 amide bonds. The van der Waals surface area contributed by atoms with Crippen molar-refractivity contribution in [2.45, 2.75) is 52.4 Å². The highest BCUT2D eigenvalue weighted by molar-refractivity contribution is 5.73. The molecule has 0 aliphatic heterocycles. The topological polar surface area (TPSA) is 52.6 Å². The van der Waals surface area contributed by atoms with Gasteiger partial charge in [-0.15, -0.1) is 0 Å². The monoisotopic (exact) mass is 278 g/mol. The lowest BCUT2D eigenvalue weighted by Crippen LogP contribution is -2.08. The fourth-order valence-corrected chi connectivity index (χ4v) is 1.82. The molecule has 0 atom stereocenters. The van der Waals surface area contributed by atoms with Crippen molar-refractivity contribution in [2.24, 2.45) is 0 Å². The summed E-state index contributed by atoms with van der Waals surface area (Å²) in [6.45, 7) is 3.49. The van der Waals surface area contributed by atoms with Crippen LogP contribution < -0.4 is 9.47 Å². The quantitative estimate of drug-likeness (QED) is 0.411. The number of hydrogen-bond acceptors (Lipinski definition) is 4. The molecule has 0 radical (unpaired) electrons. The maximum absolute atomic E-state index is 11.6. The Bertz CT molecular complexity index is 440. The first-order valence-electron chi connectivity index (χ1n) is 7.11. The third-order valence-electron chi connectivity index (χ3n) is 2.78. The second kappa shape index (κ2) is 9.13. The largest absolute Gasteiger partial charge is 0.427 e. The van der Waals surface area contributed by atoms with Crippen molar-refractivity contribution < 1.29 is 19.1 Å². The van der Waals surface area contributed by atoms with Gasteiger partial charge in [-0.05, 0) is 18.6 Å². The smallest absolute Gasteiger partial charge is 0.311 e. The molecule has 0 heterocycles. The zero-order chi connectivity index (χ0) is 14.8. The molecule has 1 aromatic carbocycles. The molecule has 4 nitrogen and oxygen atoms in total. The predicted octanol–water partition coefficient (Wildman–Crippen LogP) is 3.88. The van der Waals surface area contributed by atoms with E-state index in [1.54, 1.807) is 18.2 Å². The highest BCUT2D eigenvalue weighted by Crippen LogP contribution is 2.20. The van der Waals surface area contributed by atoms with Gasteiger partial charge in [-0.25, -0.2) is 0 Å². The number of ether oxygens (including phenoxy) is 2. The minimum Gasteiger partial charge on any atom is -0.427 e. The fourth-order valence-electron chi connectivity index (χ4n) is 1.82. The predicted molar refractivity (Wildman–Crippen MR) is 76.8 cm³/mol. The van der Waals surface area contributed by atoms with E-state index < -0.39 is 5.97 Å². The second-order valence-electron chi connectivity index (χ2n) is 4.71. The molecule has 0 spiro atoms. The summed E-state index contributed by atoms with van der Waals surface area (Å²) in [4.78, 5) is 22.5. The zero-order valence-corrected chi connectivity index (χ0v) is 12.2. The first-order valence-corrected chi connectivity index (χ1v) is 7.11. The Morgan fingerprint density at radius 1 is 1.00 bits per heavy atom. The van der Waals surface area contributed by atoms with Crippen molar-refractivity contribution in [1.82, 2.24) is 0 Å². The van der Waals surface area contributed by atoms with Gasteiger partial charge >= 0.3 is 11.9 Å². The van der Waals surface area contributed by atoms with Gasteiger partial charge in [-0.2, -0.15) is 0 Å². The van der Waals surface area contributed by atoms with Gasteiger partial charge in [0.1, 0.15) is 11.5 Å². The first kappa shape index (κ1) is 16.2. The van der Waals surface area contributed by atoms with E-state index in [1.165, 1.54) is 25.8 Å². The normalized spacial score (nSPS) is 10.1. The van der Waals surface area contributed by atoms with Gasteiger partial charge in [0.2, 0.25) is 0 Å². The molecular weight excluding hydrogens is 256 g/mol. The molecule has 4 heteroatoms. The van der Waals surface area contributed by atoms with Crippen molar-refractivity contribution in [3.63, 3.8) is 0 Å². The van der Waals surface area contributed by atoms with Crippen molar-refractivity contribution >= 4 is 11.9 Å². The second-order valence-corrected chi connectivity index (χ2v) is 4.71. The van der Waals surface area contributed by atoms with Crippen LogP contribution in [-0.2, 0) is 9.59 Å². The van der Waals surface area contributed by atoms with Gasteiger partial charge in [0.25, 0.3) is 0 Å². The molecule has 0 fully saturated rings. The van der Waals surface area contributed by atoms with E-state index >= 15 is 0 Å². The number of esters is 2. The molecule has 1 aromatic rings. The van der Waals surface area contributed by atoms with Crippen LogP contribution in [0.2, 0.25) is 0 Å². The van der Waals surface area contributed by atoms with E-state index in [1.807, 2.05) is 0 Å². The maximum Gasteiger partial charge on any atom is 0.311 e. The van der Waals surface area contributed by atoms with Crippen LogP contribution in [0.25, 0.3) is 0 Å². The zero-order valence-electron chi connectivity index (χ0n) is 12.2. The van der Waals surface area contributed by atoms with Crippen LogP contribution in [0, 0.1) is 0 Å². The summed E-state index contributed by atoms with van der Waals surface area (Å²) < 4.78 is 10.1. The van der Waals surface area contributed by atoms with Crippen LogP contribution in [0.5, 0.6) is 11.5 Å². The number of carbonyl (C=O) groups excluding carboxylic acids is 2. The van der Waals surface area contributed by atoms with Gasteiger partial charge in [0.15, 0.2) is 0 Å². The molecule has 0 N–H and O–H groups in total. The summed E-state index contributed by atoms with van der Waals surface area (Å²) in [7, 11) is 0. The Kier molecular flexibility index (Phi) is 7.40. The van der Waals surface area contributed by atoms with Crippen LogP contribution in [0.4, 0.5) is 0 Å². The molecule has 0 aliphatic rings. The van der Waals surface area contributed by atoms with Crippen LogP contribution in [-0.4, -0.2) is 11.9 Å². The van der Waals surface area contributed by atoms with Crippen molar-refractivity contribution in [1.29, 1.82) is 0 Å². The molecule has 0 aliphatic carbocycles. The highest BCUT2D eigenvalue weighted by atomic mass is 16.5. The molecule has 110 valence electrons. The molecule has 0 bridgehead atoms. The van der Waals surface area contributed by atoms with Crippen molar-refractivity contribution in [3.05, 3.63) is 24.3 Å². The Labute approximate surface area is 120 Å². The number of rotatable bonds is 8. The molecule has 0 saturated carbocycles. The summed E-state index contributed by atoms with van der Waals surface area (Å²) in [5, 5.41) is 0. The van der Waals surface area contributed by atoms with Gasteiger partial charge in [-0.1, -0.05) is 38.7 Å². The van der Waals surface area contributed by atoms with E-state index in [9.17, 15) is 9.59 Å². The number of benzene rings is 1. The van der Waals surface area contributed by atoms with E-state index in [0.29, 0.717) is 17.9 Å². The highest BCUT2D eigenvalue weighted by Gasteiger charge is 2.06. The average molecular weight is 278 g/mol. The Hall–Kier alpha value is -1.84. The lowest BCUT2D eigenvalue weighted by molar-refractivity contribution is -0.134. The Balaban J connectivity index is 2.36. The SMILES string of the molecule is CCCCCCCC(=O)Oc1cccc(OC(C)=O)c1. The van der Waals surface area contributed by atoms with Gasteiger partial charge < -0.3 is 9.47 Å². The van der Waals surface area contributed by atoms with E-state index in [2.05, 4.69) is 6.92 Å². The van der Waals surface area contributed by atoms with Crippen LogP contribution in [0.1, 0.15) is 52.4 Å². The Morgan fingerprint density at radius 2 is 1.65 bits per heavy atom. The van der Waals surface area contributed by atoms with E-state index in [0.717, 1.165) is 19.3 Å². The molecule has 0 saturated heterocycles. The van der Waals surface area contributed by atoms with Gasteiger partial charge in [0.05, 0.1) is 0 Å². The summed E-state index contributed by atoms with van der Waals surface area (Å²) in [6.07, 6.45) is 5.87. The molecule has 20 heavy (non-hydrogen) atoms. The minimum absolute atomic E-state index is 0.249. The van der Waals surface area contributed by atoms with Crippen molar-refractivity contribution in [3.8, 4) is 11.5 Å². The number of unbranched alkanes of at least 4 members (excludes halogenated alkanes) is 4. The van der Waals surface area contributed by atoms with E-state index in [-0.39, 0.29) is 5.97 Å². The maximum atomic E-state index is 11.6. The molecular formula is C16H22O4. The molecule has 1 rings (SSSR count). The minimum atomic E-state index is -0.399. The average Bonchev–Trinajstić information content (AvgIpc) is 2.38. The van der Waals surface area contributed by atoms with Crippen LogP contribution in [0.15, 0.2) is 24.3 Å². The lowest BCUT2D eigenvalue weighted by Gasteiger charge is -2.06. The molecule has 0 aromatic heterocycles. The molecule has 0 unspecified atom stereocenters. The third-order valence-corrected chi connectivity index (χ3v) is 2.78. The summed E-state index contributed by atoms with van der Waals surface area (Å²) in [6, 6.07) is 6.53. The van der Waals surface area contributed by atoms with Crippen LogP contribution in [0.3, 0.4) is 0 Å².